The number of hydrogen-bond acceptors (Lipinski definition) is 4. The molecule has 0 atom stereocenters. The molecule has 5 aromatic rings. The molecule has 0 saturated carbocycles. The van der Waals surface area contributed by atoms with Gasteiger partial charge in [0, 0.05) is 23.5 Å². The zero-order valence-electron chi connectivity index (χ0n) is 16.2. The first-order chi connectivity index (χ1) is 14.8. The van der Waals surface area contributed by atoms with Gasteiger partial charge >= 0.3 is 0 Å². The molecule has 0 bridgehead atoms. The van der Waals surface area contributed by atoms with Crippen molar-refractivity contribution >= 4 is 17.0 Å². The lowest BCUT2D eigenvalue weighted by atomic mass is 10.1. The third-order valence-electron chi connectivity index (χ3n) is 4.59. The summed E-state index contributed by atoms with van der Waals surface area (Å²) in [4.78, 5) is 11.4. The molecule has 143 valence electrons. The van der Waals surface area contributed by atoms with Crippen molar-refractivity contribution < 1.29 is 4.74 Å². The summed E-state index contributed by atoms with van der Waals surface area (Å²) in [6.45, 7) is 0. The molecule has 0 fully saturated rings. The van der Waals surface area contributed by atoms with Crippen LogP contribution in [0.15, 0.2) is 79.1 Å². The number of benzene rings is 2. The van der Waals surface area contributed by atoms with Gasteiger partial charge in [0.1, 0.15) is 23.3 Å². The van der Waals surface area contributed by atoms with Gasteiger partial charge in [-0.1, -0.05) is 42.2 Å². The van der Waals surface area contributed by atoms with Gasteiger partial charge in [-0.15, -0.1) is 11.3 Å². The van der Waals surface area contributed by atoms with Crippen LogP contribution in [0.1, 0.15) is 10.4 Å². The lowest BCUT2D eigenvalue weighted by Gasteiger charge is -2.04. The van der Waals surface area contributed by atoms with Crippen LogP contribution in [0.25, 0.3) is 27.5 Å². The average molecular weight is 406 g/mol. The Bertz CT molecular complexity index is 1390. The number of nitrogens with zero attached hydrogens (tertiary/aromatic N) is 3. The summed E-state index contributed by atoms with van der Waals surface area (Å²) in [6.07, 6.45) is 6.95. The molecule has 2 aromatic carbocycles. The summed E-state index contributed by atoms with van der Waals surface area (Å²) < 4.78 is 7.23. The fraction of sp³-hybridized carbons (Fsp3) is 0.0400. The summed E-state index contributed by atoms with van der Waals surface area (Å²) in [6, 6.07) is 21.9. The largest absolute Gasteiger partial charge is 0.497 e. The number of thiophene rings is 1. The molecule has 0 unspecified atom stereocenters. The van der Waals surface area contributed by atoms with E-state index in [1.807, 2.05) is 77.3 Å². The molecule has 0 amide bonds. The van der Waals surface area contributed by atoms with Crippen molar-refractivity contribution in [1.29, 1.82) is 0 Å². The quantitative estimate of drug-likeness (QED) is 0.380. The zero-order chi connectivity index (χ0) is 20.3. The van der Waals surface area contributed by atoms with Crippen molar-refractivity contribution in [3.63, 3.8) is 0 Å². The number of fused-ring (bicyclic) bond motifs is 1. The van der Waals surface area contributed by atoms with Crippen LogP contribution in [-0.2, 0) is 0 Å². The first-order valence-corrected chi connectivity index (χ1v) is 10.2. The Labute approximate surface area is 178 Å². The molecule has 4 nitrogen and oxygen atoms in total. The Balaban J connectivity index is 1.51. The van der Waals surface area contributed by atoms with Crippen molar-refractivity contribution in [3.8, 4) is 39.4 Å². The molecular weight excluding hydrogens is 390 g/mol. The highest BCUT2D eigenvalue weighted by molar-refractivity contribution is 7.16. The highest BCUT2D eigenvalue weighted by Gasteiger charge is 2.13. The minimum atomic E-state index is 0.756. The predicted octanol–water partition coefficient (Wildman–Crippen LogP) is 5.33. The number of methoxy groups -OCH3 is 1. The van der Waals surface area contributed by atoms with E-state index in [-0.39, 0.29) is 0 Å². The summed E-state index contributed by atoms with van der Waals surface area (Å²) in [5.74, 6) is 7.21. The maximum Gasteiger partial charge on any atom is 0.164 e. The van der Waals surface area contributed by atoms with Crippen LogP contribution in [0, 0.1) is 18.0 Å². The van der Waals surface area contributed by atoms with Crippen LogP contribution in [-0.4, -0.2) is 21.5 Å². The number of rotatable bonds is 3. The molecule has 30 heavy (non-hydrogen) atoms. The van der Waals surface area contributed by atoms with Gasteiger partial charge in [-0.25, -0.2) is 4.98 Å². The molecule has 0 N–H and O–H groups in total. The van der Waals surface area contributed by atoms with E-state index < -0.39 is 0 Å². The lowest BCUT2D eigenvalue weighted by molar-refractivity contribution is 0.415. The zero-order valence-corrected chi connectivity index (χ0v) is 17.0. The van der Waals surface area contributed by atoms with Crippen LogP contribution < -0.4 is 4.74 Å². The fourth-order valence-electron chi connectivity index (χ4n) is 3.13. The van der Waals surface area contributed by atoms with Crippen molar-refractivity contribution in [2.45, 2.75) is 0 Å². The third-order valence-corrected chi connectivity index (χ3v) is 5.60. The molecule has 0 aliphatic rings. The van der Waals surface area contributed by atoms with Gasteiger partial charge in [-0.3, -0.25) is 9.38 Å². The second-order valence-electron chi connectivity index (χ2n) is 6.55. The fourth-order valence-corrected chi connectivity index (χ4v) is 3.93. The van der Waals surface area contributed by atoms with E-state index in [2.05, 4.69) is 23.0 Å². The maximum atomic E-state index is 5.35. The Hall–Kier alpha value is -3.88. The summed E-state index contributed by atoms with van der Waals surface area (Å²) >= 11 is 1.61. The summed E-state index contributed by atoms with van der Waals surface area (Å²) in [5.41, 5.74) is 4.28. The van der Waals surface area contributed by atoms with Crippen LogP contribution in [0.3, 0.4) is 0 Å². The molecule has 0 aliphatic heterocycles. The van der Waals surface area contributed by atoms with Crippen molar-refractivity contribution in [2.75, 3.05) is 7.11 Å². The molecular formula is C25H16N3OS. The van der Waals surface area contributed by atoms with Crippen molar-refractivity contribution in [3.05, 3.63) is 95.8 Å². The van der Waals surface area contributed by atoms with Crippen molar-refractivity contribution in [2.24, 2.45) is 0 Å². The van der Waals surface area contributed by atoms with Gasteiger partial charge in [0.25, 0.3) is 0 Å². The van der Waals surface area contributed by atoms with E-state index >= 15 is 0 Å². The molecule has 1 radical (unpaired) electrons. The predicted molar refractivity (Wildman–Crippen MR) is 120 cm³/mol. The molecule has 5 rings (SSSR count). The Morgan fingerprint density at radius 2 is 1.90 bits per heavy atom. The first-order valence-electron chi connectivity index (χ1n) is 9.38. The molecule has 0 saturated heterocycles. The topological polar surface area (TPSA) is 39.4 Å². The standard InChI is InChI=1S/C25H16N3OS/c1-29-20-9-5-8-19(16-20)24-25-27-22(17-28(25)15-14-26-24)23-13-12-21(30-23)11-10-18-6-3-2-4-7-18/h2-9,12-16H,1H3. The third kappa shape index (κ3) is 3.57. The second-order valence-corrected chi connectivity index (χ2v) is 7.64. The first kappa shape index (κ1) is 18.2. The Morgan fingerprint density at radius 3 is 2.77 bits per heavy atom. The van der Waals surface area contributed by atoms with Gasteiger partial charge in [0.2, 0.25) is 0 Å². The minimum Gasteiger partial charge on any atom is -0.497 e. The van der Waals surface area contributed by atoms with Gasteiger partial charge < -0.3 is 4.74 Å². The van der Waals surface area contributed by atoms with E-state index in [4.69, 9.17) is 9.72 Å². The normalized spacial score (nSPS) is 10.6. The Morgan fingerprint density at radius 1 is 1.00 bits per heavy atom. The second kappa shape index (κ2) is 7.86. The van der Waals surface area contributed by atoms with Gasteiger partial charge in [-0.2, -0.15) is 0 Å². The van der Waals surface area contributed by atoms with Gasteiger partial charge in [0.05, 0.1) is 16.9 Å². The average Bonchev–Trinajstić information content (AvgIpc) is 3.45. The van der Waals surface area contributed by atoms with E-state index in [9.17, 15) is 0 Å². The summed E-state index contributed by atoms with van der Waals surface area (Å²) in [7, 11) is 1.66. The maximum absolute atomic E-state index is 5.35. The monoisotopic (exact) mass is 406 g/mol. The highest BCUT2D eigenvalue weighted by Crippen LogP contribution is 2.30. The van der Waals surface area contributed by atoms with Gasteiger partial charge in [-0.05, 0) is 36.4 Å². The SMILES string of the molecule is COc1cccc(-c2nccn3[c]c(-c4ccc(C#Cc5ccccc5)s4)nc23)c1. The van der Waals surface area contributed by atoms with Crippen LogP contribution in [0.2, 0.25) is 0 Å². The smallest absolute Gasteiger partial charge is 0.164 e. The molecule has 5 heteroatoms. The molecule has 0 spiro atoms. The lowest BCUT2D eigenvalue weighted by Crippen LogP contribution is -1.92. The van der Waals surface area contributed by atoms with E-state index in [0.717, 1.165) is 43.7 Å². The minimum absolute atomic E-state index is 0.756. The summed E-state index contributed by atoms with van der Waals surface area (Å²) in [5, 5.41) is 0. The number of hydrogen-bond donors (Lipinski definition) is 0. The number of aromatic nitrogens is 3. The van der Waals surface area contributed by atoms with Gasteiger partial charge in [0.15, 0.2) is 5.65 Å². The number of ether oxygens (including phenoxy) is 1. The van der Waals surface area contributed by atoms with Crippen molar-refractivity contribution in [1.82, 2.24) is 14.4 Å². The van der Waals surface area contributed by atoms with Crippen LogP contribution >= 0.6 is 11.3 Å². The van der Waals surface area contributed by atoms with E-state index in [1.165, 1.54) is 0 Å². The highest BCUT2D eigenvalue weighted by atomic mass is 32.1. The Kier molecular flexibility index (Phi) is 4.76. The molecule has 3 aromatic heterocycles. The van der Waals surface area contributed by atoms with E-state index in [1.54, 1.807) is 24.6 Å². The molecule has 0 aliphatic carbocycles. The van der Waals surface area contributed by atoms with Crippen LogP contribution in [0.5, 0.6) is 5.75 Å². The van der Waals surface area contributed by atoms with Crippen LogP contribution in [0.4, 0.5) is 0 Å². The molecule has 3 heterocycles. The van der Waals surface area contributed by atoms with E-state index in [0.29, 0.717) is 0 Å². The number of imidazole rings is 1.